The third-order valence-corrected chi connectivity index (χ3v) is 1.76. The summed E-state index contributed by atoms with van der Waals surface area (Å²) in [6.45, 7) is 0. The molecule has 0 fully saturated rings. The lowest BCUT2D eigenvalue weighted by Crippen LogP contribution is -1.93. The van der Waals surface area contributed by atoms with Crippen molar-refractivity contribution < 1.29 is 18.7 Å². The monoisotopic (exact) mass is 208 g/mol. The molecule has 1 aromatic carbocycles. The van der Waals surface area contributed by atoms with E-state index in [0.717, 1.165) is 0 Å². The highest BCUT2D eigenvalue weighted by Crippen LogP contribution is 2.09. The summed E-state index contributed by atoms with van der Waals surface area (Å²) in [6.07, 6.45) is 3.02. The van der Waals surface area contributed by atoms with Crippen LogP contribution in [0, 0.1) is 5.82 Å². The summed E-state index contributed by atoms with van der Waals surface area (Å²) in [6, 6.07) is 4.05. The molecule has 78 valence electrons. The van der Waals surface area contributed by atoms with Crippen LogP contribution in [0.2, 0.25) is 0 Å². The summed E-state index contributed by atoms with van der Waals surface area (Å²) in [7, 11) is 1.25. The van der Waals surface area contributed by atoms with Crippen molar-refractivity contribution in [2.45, 2.75) is 0 Å². The zero-order valence-corrected chi connectivity index (χ0v) is 8.07. The van der Waals surface area contributed by atoms with Crippen molar-refractivity contribution in [2.24, 2.45) is 0 Å². The SMILES string of the molecule is COC(=O)C=Cc1ccc(C=O)c(F)c1. The first-order valence-corrected chi connectivity index (χ1v) is 4.18. The quantitative estimate of drug-likeness (QED) is 0.432. The fraction of sp³-hybridized carbons (Fsp3) is 0.0909. The average Bonchev–Trinajstić information content (AvgIpc) is 2.26. The van der Waals surface area contributed by atoms with Gasteiger partial charge in [0.25, 0.3) is 0 Å². The molecule has 0 spiro atoms. The van der Waals surface area contributed by atoms with Gasteiger partial charge >= 0.3 is 5.97 Å². The fourth-order valence-corrected chi connectivity index (χ4v) is 0.975. The number of hydrogen-bond acceptors (Lipinski definition) is 3. The van der Waals surface area contributed by atoms with E-state index in [0.29, 0.717) is 11.8 Å². The molecule has 0 saturated heterocycles. The van der Waals surface area contributed by atoms with Gasteiger partial charge in [-0.3, -0.25) is 4.79 Å². The number of esters is 1. The van der Waals surface area contributed by atoms with E-state index in [2.05, 4.69) is 4.74 Å². The largest absolute Gasteiger partial charge is 0.466 e. The molecule has 0 aliphatic rings. The Morgan fingerprint density at radius 2 is 2.20 bits per heavy atom. The van der Waals surface area contributed by atoms with E-state index in [1.54, 1.807) is 0 Å². The molecular weight excluding hydrogens is 199 g/mol. The molecule has 1 aromatic rings. The molecule has 0 saturated carbocycles. The number of rotatable bonds is 3. The third-order valence-electron chi connectivity index (χ3n) is 1.76. The highest BCUT2D eigenvalue weighted by molar-refractivity contribution is 5.87. The van der Waals surface area contributed by atoms with Crippen LogP contribution in [0.25, 0.3) is 6.08 Å². The second kappa shape index (κ2) is 5.05. The normalized spacial score (nSPS) is 10.3. The minimum absolute atomic E-state index is 0.00906. The van der Waals surface area contributed by atoms with E-state index in [-0.39, 0.29) is 5.56 Å². The maximum atomic E-state index is 13.1. The van der Waals surface area contributed by atoms with Crippen LogP contribution in [0.3, 0.4) is 0 Å². The van der Waals surface area contributed by atoms with Gasteiger partial charge in [-0.25, -0.2) is 9.18 Å². The lowest BCUT2D eigenvalue weighted by atomic mass is 10.1. The van der Waals surface area contributed by atoms with Crippen LogP contribution in [-0.4, -0.2) is 19.4 Å². The Morgan fingerprint density at radius 3 is 2.73 bits per heavy atom. The standard InChI is InChI=1S/C11H9FO3/c1-15-11(14)5-3-8-2-4-9(7-13)10(12)6-8/h2-7H,1H3. The lowest BCUT2D eigenvalue weighted by Gasteiger charge is -1.96. The van der Waals surface area contributed by atoms with Gasteiger partial charge in [-0.2, -0.15) is 0 Å². The van der Waals surface area contributed by atoms with Gasteiger partial charge in [-0.05, 0) is 23.8 Å². The first kappa shape index (κ1) is 11.1. The number of methoxy groups -OCH3 is 1. The summed E-state index contributed by atoms with van der Waals surface area (Å²) in [4.78, 5) is 21.1. The van der Waals surface area contributed by atoms with E-state index >= 15 is 0 Å². The molecule has 0 aromatic heterocycles. The number of ether oxygens (including phenoxy) is 1. The Bertz CT molecular complexity index is 410. The number of carbonyl (C=O) groups is 2. The third kappa shape index (κ3) is 3.02. The highest BCUT2D eigenvalue weighted by Gasteiger charge is 2.00. The van der Waals surface area contributed by atoms with Gasteiger partial charge in [0.05, 0.1) is 12.7 Å². The Kier molecular flexibility index (Phi) is 3.74. The Balaban J connectivity index is 2.88. The maximum absolute atomic E-state index is 13.1. The van der Waals surface area contributed by atoms with Crippen LogP contribution in [0.1, 0.15) is 15.9 Å². The fourth-order valence-electron chi connectivity index (χ4n) is 0.975. The average molecular weight is 208 g/mol. The minimum atomic E-state index is -0.614. The lowest BCUT2D eigenvalue weighted by molar-refractivity contribution is -0.134. The highest BCUT2D eigenvalue weighted by atomic mass is 19.1. The molecule has 0 N–H and O–H groups in total. The molecule has 0 amide bonds. The van der Waals surface area contributed by atoms with Gasteiger partial charge in [-0.1, -0.05) is 6.07 Å². The molecule has 0 aliphatic carbocycles. The molecule has 0 heterocycles. The number of hydrogen-bond donors (Lipinski definition) is 0. The van der Waals surface area contributed by atoms with E-state index in [9.17, 15) is 14.0 Å². The van der Waals surface area contributed by atoms with Gasteiger partial charge in [0.15, 0.2) is 6.29 Å². The smallest absolute Gasteiger partial charge is 0.330 e. The Labute approximate surface area is 86.2 Å². The number of benzene rings is 1. The molecule has 0 bridgehead atoms. The maximum Gasteiger partial charge on any atom is 0.330 e. The van der Waals surface area contributed by atoms with Crippen LogP contribution in [0.5, 0.6) is 0 Å². The molecule has 1 rings (SSSR count). The van der Waals surface area contributed by atoms with Crippen molar-refractivity contribution >= 4 is 18.3 Å². The van der Waals surface area contributed by atoms with E-state index in [1.165, 1.54) is 37.5 Å². The molecule has 0 unspecified atom stereocenters. The summed E-state index contributed by atoms with van der Waals surface area (Å²) < 4.78 is 17.4. The van der Waals surface area contributed by atoms with Crippen molar-refractivity contribution in [3.05, 3.63) is 41.2 Å². The second-order valence-corrected chi connectivity index (χ2v) is 2.76. The molecular formula is C11H9FO3. The van der Waals surface area contributed by atoms with Crippen molar-refractivity contribution in [1.82, 2.24) is 0 Å². The molecule has 15 heavy (non-hydrogen) atoms. The Hall–Kier alpha value is -1.97. The van der Waals surface area contributed by atoms with E-state index in [1.807, 2.05) is 0 Å². The van der Waals surface area contributed by atoms with Crippen LogP contribution >= 0.6 is 0 Å². The van der Waals surface area contributed by atoms with Crippen LogP contribution < -0.4 is 0 Å². The van der Waals surface area contributed by atoms with Crippen LogP contribution in [0.15, 0.2) is 24.3 Å². The summed E-state index contributed by atoms with van der Waals surface area (Å²) in [5, 5.41) is 0. The van der Waals surface area contributed by atoms with Gasteiger partial charge < -0.3 is 4.74 Å². The summed E-state index contributed by atoms with van der Waals surface area (Å²) in [5.74, 6) is -1.13. The minimum Gasteiger partial charge on any atom is -0.466 e. The number of halogens is 1. The molecule has 4 heteroatoms. The van der Waals surface area contributed by atoms with E-state index in [4.69, 9.17) is 0 Å². The molecule has 0 radical (unpaired) electrons. The summed E-state index contributed by atoms with van der Waals surface area (Å²) >= 11 is 0. The van der Waals surface area contributed by atoms with Crippen molar-refractivity contribution in [2.75, 3.05) is 7.11 Å². The zero-order valence-electron chi connectivity index (χ0n) is 8.07. The van der Waals surface area contributed by atoms with Gasteiger partial charge in [0, 0.05) is 6.08 Å². The predicted octanol–water partition coefficient (Wildman–Crippen LogP) is 1.82. The molecule has 3 nitrogen and oxygen atoms in total. The molecule has 0 aliphatic heterocycles. The molecule has 0 atom stereocenters. The zero-order chi connectivity index (χ0) is 11.3. The summed E-state index contributed by atoms with van der Waals surface area (Å²) in [5.41, 5.74) is 0.480. The van der Waals surface area contributed by atoms with Gasteiger partial charge in [0.2, 0.25) is 0 Å². The van der Waals surface area contributed by atoms with Crippen molar-refractivity contribution in [1.29, 1.82) is 0 Å². The number of carbonyl (C=O) groups excluding carboxylic acids is 2. The predicted molar refractivity (Wildman–Crippen MR) is 52.8 cm³/mol. The second-order valence-electron chi connectivity index (χ2n) is 2.76. The van der Waals surface area contributed by atoms with E-state index < -0.39 is 11.8 Å². The Morgan fingerprint density at radius 1 is 1.47 bits per heavy atom. The van der Waals surface area contributed by atoms with Crippen LogP contribution in [0.4, 0.5) is 4.39 Å². The first-order chi connectivity index (χ1) is 7.17. The van der Waals surface area contributed by atoms with Crippen LogP contribution in [-0.2, 0) is 9.53 Å². The topological polar surface area (TPSA) is 43.4 Å². The first-order valence-electron chi connectivity index (χ1n) is 4.18. The van der Waals surface area contributed by atoms with Crippen molar-refractivity contribution in [3.8, 4) is 0 Å². The number of aldehydes is 1. The van der Waals surface area contributed by atoms with Crippen molar-refractivity contribution in [3.63, 3.8) is 0 Å². The van der Waals surface area contributed by atoms with Gasteiger partial charge in [-0.15, -0.1) is 0 Å². The van der Waals surface area contributed by atoms with Gasteiger partial charge in [0.1, 0.15) is 5.82 Å².